The van der Waals surface area contributed by atoms with Gasteiger partial charge in [0, 0.05) is 13.6 Å². The summed E-state index contributed by atoms with van der Waals surface area (Å²) in [6.45, 7) is 3.93. The molecule has 2 rings (SSSR count). The van der Waals surface area contributed by atoms with Crippen LogP contribution in [0.2, 0.25) is 0 Å². The first-order chi connectivity index (χ1) is 10.3. The predicted molar refractivity (Wildman–Crippen MR) is 83.2 cm³/mol. The average Bonchev–Trinajstić information content (AvgIpc) is 2.83. The van der Waals surface area contributed by atoms with Gasteiger partial charge in [-0.1, -0.05) is 30.3 Å². The second-order valence-electron chi connectivity index (χ2n) is 5.79. The number of benzene rings is 1. The molecule has 2 aromatic rings. The molecule has 0 saturated heterocycles. The molecule has 2 N–H and O–H groups in total. The van der Waals surface area contributed by atoms with Gasteiger partial charge in [0.2, 0.25) is 5.95 Å². The van der Waals surface area contributed by atoms with Crippen molar-refractivity contribution in [3.63, 3.8) is 0 Å². The zero-order valence-corrected chi connectivity index (χ0v) is 13.0. The van der Waals surface area contributed by atoms with Gasteiger partial charge < -0.3 is 10.0 Å². The molecule has 0 unspecified atom stereocenters. The number of aliphatic hydroxyl groups is 1. The second kappa shape index (κ2) is 6.57. The van der Waals surface area contributed by atoms with Crippen molar-refractivity contribution in [2.45, 2.75) is 26.0 Å². The molecule has 0 atom stereocenters. The fourth-order valence-electron chi connectivity index (χ4n) is 2.05. The molecule has 0 aliphatic rings. The van der Waals surface area contributed by atoms with E-state index in [-0.39, 0.29) is 12.6 Å². The molecular formula is C15H21N5O2. The number of hydrogen-bond acceptors (Lipinski definition) is 4. The van der Waals surface area contributed by atoms with Crippen molar-refractivity contribution < 1.29 is 9.90 Å². The van der Waals surface area contributed by atoms with Crippen molar-refractivity contribution in [1.29, 1.82) is 0 Å². The maximum Gasteiger partial charge on any atom is 0.324 e. The van der Waals surface area contributed by atoms with E-state index in [0.717, 1.165) is 5.56 Å². The van der Waals surface area contributed by atoms with Crippen LogP contribution in [0.4, 0.5) is 10.7 Å². The number of carbonyl (C=O) groups excluding carboxylic acids is 1. The summed E-state index contributed by atoms with van der Waals surface area (Å²) in [4.78, 5) is 18.0. The number of aryl methyl sites for hydroxylation is 1. The van der Waals surface area contributed by atoms with Crippen LogP contribution >= 0.6 is 0 Å². The van der Waals surface area contributed by atoms with Crippen molar-refractivity contribution in [2.24, 2.45) is 7.05 Å². The molecule has 7 heteroatoms. The minimum Gasteiger partial charge on any atom is -0.389 e. The highest BCUT2D eigenvalue weighted by atomic mass is 16.3. The van der Waals surface area contributed by atoms with Crippen LogP contribution in [0.25, 0.3) is 0 Å². The summed E-state index contributed by atoms with van der Waals surface area (Å²) in [5, 5.41) is 16.6. The van der Waals surface area contributed by atoms with Crippen LogP contribution in [0, 0.1) is 0 Å². The van der Waals surface area contributed by atoms with Crippen LogP contribution in [-0.2, 0) is 13.6 Å². The monoisotopic (exact) mass is 303 g/mol. The molecule has 0 bridgehead atoms. The smallest absolute Gasteiger partial charge is 0.324 e. The van der Waals surface area contributed by atoms with E-state index in [1.165, 1.54) is 11.0 Å². The summed E-state index contributed by atoms with van der Waals surface area (Å²) >= 11 is 0. The minimum atomic E-state index is -0.994. The molecule has 1 aromatic carbocycles. The lowest BCUT2D eigenvalue weighted by Crippen LogP contribution is -2.44. The highest BCUT2D eigenvalue weighted by Gasteiger charge is 2.23. The van der Waals surface area contributed by atoms with Crippen molar-refractivity contribution in [2.75, 3.05) is 11.9 Å². The van der Waals surface area contributed by atoms with Crippen molar-refractivity contribution in [3.05, 3.63) is 42.2 Å². The molecular weight excluding hydrogens is 282 g/mol. The number of carbonyl (C=O) groups is 1. The topological polar surface area (TPSA) is 83.3 Å². The Kier molecular flexibility index (Phi) is 4.77. The fraction of sp³-hybridized carbons (Fsp3) is 0.400. The van der Waals surface area contributed by atoms with E-state index in [1.54, 1.807) is 25.8 Å². The molecule has 1 heterocycles. The minimum absolute atomic E-state index is 0.200. The van der Waals surface area contributed by atoms with E-state index in [2.05, 4.69) is 15.4 Å². The van der Waals surface area contributed by atoms with Crippen LogP contribution in [0.1, 0.15) is 19.4 Å². The van der Waals surface area contributed by atoms with Crippen LogP contribution in [-0.4, -0.2) is 42.9 Å². The summed E-state index contributed by atoms with van der Waals surface area (Å²) < 4.78 is 1.47. The Balaban J connectivity index is 2.13. The molecule has 0 saturated carbocycles. The van der Waals surface area contributed by atoms with Gasteiger partial charge in [0.1, 0.15) is 6.33 Å². The summed E-state index contributed by atoms with van der Waals surface area (Å²) in [6.07, 6.45) is 1.37. The van der Waals surface area contributed by atoms with Crippen LogP contribution < -0.4 is 5.32 Å². The van der Waals surface area contributed by atoms with Crippen LogP contribution in [0.15, 0.2) is 36.7 Å². The number of urea groups is 1. The Hall–Kier alpha value is -2.41. The number of hydrogen-bond donors (Lipinski definition) is 2. The number of nitrogens with one attached hydrogen (secondary N) is 1. The number of amides is 2. The Morgan fingerprint density at radius 3 is 2.59 bits per heavy atom. The van der Waals surface area contributed by atoms with Crippen LogP contribution in [0.3, 0.4) is 0 Å². The lowest BCUT2D eigenvalue weighted by molar-refractivity contribution is 0.0468. The first-order valence-electron chi connectivity index (χ1n) is 7.01. The zero-order valence-electron chi connectivity index (χ0n) is 13.0. The number of rotatable bonds is 5. The molecule has 0 radical (unpaired) electrons. The van der Waals surface area contributed by atoms with Crippen LogP contribution in [0.5, 0.6) is 0 Å². The standard InChI is InChI=1S/C15H21N5O2/c1-15(2,22)10-20(9-12-7-5-4-6-8-12)14(21)18-13-16-11-17-19(13)3/h4-8,11,22H,9-10H2,1-3H3,(H,16,17,18,21). The Morgan fingerprint density at radius 2 is 2.05 bits per heavy atom. The zero-order chi connectivity index (χ0) is 16.2. The van der Waals surface area contributed by atoms with Gasteiger partial charge in [0.15, 0.2) is 0 Å². The third kappa shape index (κ3) is 4.56. The molecule has 118 valence electrons. The van der Waals surface area contributed by atoms with E-state index in [4.69, 9.17) is 0 Å². The summed E-state index contributed by atoms with van der Waals surface area (Å²) in [7, 11) is 1.69. The molecule has 22 heavy (non-hydrogen) atoms. The molecule has 1 aromatic heterocycles. The van der Waals surface area contributed by atoms with Crippen molar-refractivity contribution in [3.8, 4) is 0 Å². The lowest BCUT2D eigenvalue weighted by Gasteiger charge is -2.29. The Bertz CT molecular complexity index is 618. The summed E-state index contributed by atoms with van der Waals surface area (Å²) in [6, 6.07) is 9.29. The van der Waals surface area contributed by atoms with Gasteiger partial charge in [-0.05, 0) is 19.4 Å². The van der Waals surface area contributed by atoms with Gasteiger partial charge in [-0.2, -0.15) is 10.1 Å². The third-order valence-electron chi connectivity index (χ3n) is 3.01. The normalized spacial score (nSPS) is 11.3. The van der Waals surface area contributed by atoms with Gasteiger partial charge in [-0.25, -0.2) is 9.48 Å². The van der Waals surface area contributed by atoms with Gasteiger partial charge in [-0.15, -0.1) is 0 Å². The third-order valence-corrected chi connectivity index (χ3v) is 3.01. The Labute approximate surface area is 129 Å². The number of anilines is 1. The fourth-order valence-corrected chi connectivity index (χ4v) is 2.05. The maximum atomic E-state index is 12.5. The molecule has 0 spiro atoms. The highest BCUT2D eigenvalue weighted by Crippen LogP contribution is 2.12. The predicted octanol–water partition coefficient (Wildman–Crippen LogP) is 1.62. The highest BCUT2D eigenvalue weighted by molar-refractivity contribution is 5.87. The van der Waals surface area contributed by atoms with Gasteiger partial charge in [0.05, 0.1) is 12.1 Å². The first-order valence-corrected chi connectivity index (χ1v) is 7.01. The lowest BCUT2D eigenvalue weighted by atomic mass is 10.1. The van der Waals surface area contributed by atoms with Crippen molar-refractivity contribution in [1.82, 2.24) is 19.7 Å². The first kappa shape index (κ1) is 16.0. The summed E-state index contributed by atoms with van der Waals surface area (Å²) in [5.74, 6) is 0.360. The van der Waals surface area contributed by atoms with E-state index >= 15 is 0 Å². The molecule has 0 fully saturated rings. The quantitative estimate of drug-likeness (QED) is 0.879. The van der Waals surface area contributed by atoms with E-state index in [1.807, 2.05) is 30.3 Å². The van der Waals surface area contributed by atoms with Gasteiger partial charge in [0.25, 0.3) is 0 Å². The molecule has 7 nitrogen and oxygen atoms in total. The largest absolute Gasteiger partial charge is 0.389 e. The van der Waals surface area contributed by atoms with E-state index in [9.17, 15) is 9.90 Å². The Morgan fingerprint density at radius 1 is 1.36 bits per heavy atom. The van der Waals surface area contributed by atoms with Gasteiger partial charge >= 0.3 is 6.03 Å². The van der Waals surface area contributed by atoms with Crippen molar-refractivity contribution >= 4 is 12.0 Å². The average molecular weight is 303 g/mol. The molecule has 2 amide bonds. The number of nitrogens with zero attached hydrogens (tertiary/aromatic N) is 4. The summed E-state index contributed by atoms with van der Waals surface area (Å²) in [5.41, 5.74) is -0.00805. The molecule has 0 aliphatic heterocycles. The maximum absolute atomic E-state index is 12.5. The number of aromatic nitrogens is 3. The van der Waals surface area contributed by atoms with E-state index < -0.39 is 5.60 Å². The second-order valence-corrected chi connectivity index (χ2v) is 5.79. The van der Waals surface area contributed by atoms with E-state index in [0.29, 0.717) is 12.5 Å². The van der Waals surface area contributed by atoms with Gasteiger partial charge in [-0.3, -0.25) is 5.32 Å². The SMILES string of the molecule is Cn1ncnc1NC(=O)N(Cc1ccccc1)CC(C)(C)O. The molecule has 0 aliphatic carbocycles.